The Balaban J connectivity index is 1.88. The van der Waals surface area contributed by atoms with Gasteiger partial charge >= 0.3 is 0 Å². The lowest BCUT2D eigenvalue weighted by Crippen LogP contribution is -2.44. The number of rotatable bonds is 1. The lowest BCUT2D eigenvalue weighted by atomic mass is 9.76. The molecule has 2 unspecified atom stereocenters. The number of aliphatic hydroxyl groups is 1. The third-order valence-corrected chi connectivity index (χ3v) is 3.75. The summed E-state index contributed by atoms with van der Waals surface area (Å²) in [5.74, 6) is 1.35. The van der Waals surface area contributed by atoms with Gasteiger partial charge in [0.2, 0.25) is 0 Å². The number of hydrogen-bond acceptors (Lipinski definition) is 2. The van der Waals surface area contributed by atoms with Gasteiger partial charge in [0.25, 0.3) is 0 Å². The van der Waals surface area contributed by atoms with E-state index in [1.807, 2.05) is 0 Å². The summed E-state index contributed by atoms with van der Waals surface area (Å²) < 4.78 is 0. The molecule has 0 bridgehead atoms. The minimum absolute atomic E-state index is 0.0238. The highest BCUT2D eigenvalue weighted by molar-refractivity contribution is 4.84. The molecule has 2 rings (SSSR count). The Morgan fingerprint density at radius 2 is 1.77 bits per heavy atom. The Bertz CT molecular complexity index is 154. The summed E-state index contributed by atoms with van der Waals surface area (Å²) in [7, 11) is 0. The highest BCUT2D eigenvalue weighted by Gasteiger charge is 2.30. The molecule has 2 N–H and O–H groups in total. The van der Waals surface area contributed by atoms with Gasteiger partial charge in [-0.05, 0) is 18.9 Å². The van der Waals surface area contributed by atoms with Crippen LogP contribution in [0.25, 0.3) is 0 Å². The summed E-state index contributed by atoms with van der Waals surface area (Å²) in [5, 5.41) is 13.3. The number of nitrogens with one attached hydrogen (secondary N) is 1. The van der Waals surface area contributed by atoms with E-state index < -0.39 is 0 Å². The minimum Gasteiger partial charge on any atom is -0.393 e. The van der Waals surface area contributed by atoms with Crippen molar-refractivity contribution in [3.8, 4) is 0 Å². The quantitative estimate of drug-likeness (QED) is 0.646. The van der Waals surface area contributed by atoms with Crippen molar-refractivity contribution in [1.29, 1.82) is 0 Å². The Labute approximate surface area is 80.7 Å². The average Bonchev–Trinajstić information content (AvgIpc) is 2.20. The van der Waals surface area contributed by atoms with Crippen LogP contribution in [0.4, 0.5) is 0 Å². The molecule has 0 aromatic rings. The van der Waals surface area contributed by atoms with Gasteiger partial charge in [-0.1, -0.05) is 32.1 Å². The molecular weight excluding hydrogens is 162 g/mol. The van der Waals surface area contributed by atoms with E-state index in [4.69, 9.17) is 0 Å². The molecule has 0 amide bonds. The van der Waals surface area contributed by atoms with Gasteiger partial charge in [0.1, 0.15) is 0 Å². The van der Waals surface area contributed by atoms with Gasteiger partial charge in [0.05, 0.1) is 6.10 Å². The van der Waals surface area contributed by atoms with Gasteiger partial charge in [0.15, 0.2) is 0 Å². The van der Waals surface area contributed by atoms with Crippen LogP contribution in [0, 0.1) is 11.8 Å². The molecule has 1 aliphatic heterocycles. The van der Waals surface area contributed by atoms with E-state index in [-0.39, 0.29) is 6.10 Å². The van der Waals surface area contributed by atoms with Crippen LogP contribution in [0.5, 0.6) is 0 Å². The molecule has 0 aromatic heterocycles. The predicted molar refractivity (Wildman–Crippen MR) is 53.6 cm³/mol. The molecule has 2 heteroatoms. The molecule has 2 atom stereocenters. The maximum atomic E-state index is 9.88. The normalized spacial score (nSPS) is 37.6. The first-order chi connectivity index (χ1) is 6.38. The third-order valence-electron chi connectivity index (χ3n) is 3.75. The Kier molecular flexibility index (Phi) is 3.23. The molecule has 13 heavy (non-hydrogen) atoms. The van der Waals surface area contributed by atoms with Crippen LogP contribution in [0.3, 0.4) is 0 Å². The van der Waals surface area contributed by atoms with Crippen LogP contribution in [0.15, 0.2) is 0 Å². The number of piperidine rings is 1. The van der Waals surface area contributed by atoms with Gasteiger partial charge in [-0.25, -0.2) is 0 Å². The first-order valence-electron chi connectivity index (χ1n) is 5.76. The highest BCUT2D eigenvalue weighted by Crippen LogP contribution is 2.33. The fourth-order valence-electron chi connectivity index (χ4n) is 2.91. The van der Waals surface area contributed by atoms with E-state index in [1.54, 1.807) is 0 Å². The van der Waals surface area contributed by atoms with Crippen molar-refractivity contribution in [3.63, 3.8) is 0 Å². The van der Waals surface area contributed by atoms with Gasteiger partial charge in [0, 0.05) is 12.5 Å². The number of aliphatic hydroxyl groups excluding tert-OH is 1. The predicted octanol–water partition coefficient (Wildman–Crippen LogP) is 1.54. The summed E-state index contributed by atoms with van der Waals surface area (Å²) >= 11 is 0. The van der Waals surface area contributed by atoms with Crippen molar-refractivity contribution in [3.05, 3.63) is 0 Å². The van der Waals surface area contributed by atoms with E-state index in [0.717, 1.165) is 25.4 Å². The first-order valence-corrected chi connectivity index (χ1v) is 5.76. The zero-order valence-corrected chi connectivity index (χ0v) is 8.34. The van der Waals surface area contributed by atoms with Crippen molar-refractivity contribution >= 4 is 0 Å². The van der Waals surface area contributed by atoms with Gasteiger partial charge < -0.3 is 10.4 Å². The van der Waals surface area contributed by atoms with E-state index in [9.17, 15) is 5.11 Å². The molecule has 2 aliphatic rings. The lowest BCUT2D eigenvalue weighted by molar-refractivity contribution is 0.0349. The van der Waals surface area contributed by atoms with Crippen LogP contribution >= 0.6 is 0 Å². The SMILES string of the molecule is OC1CCNCC1C1CCCCC1. The van der Waals surface area contributed by atoms with E-state index >= 15 is 0 Å². The second kappa shape index (κ2) is 4.43. The maximum Gasteiger partial charge on any atom is 0.0595 e. The molecule has 1 saturated heterocycles. The summed E-state index contributed by atoms with van der Waals surface area (Å²) in [6.07, 6.45) is 7.81. The number of hydrogen-bond donors (Lipinski definition) is 2. The fourth-order valence-corrected chi connectivity index (χ4v) is 2.91. The Morgan fingerprint density at radius 3 is 2.46 bits per heavy atom. The molecular formula is C11H21NO. The first kappa shape index (κ1) is 9.47. The summed E-state index contributed by atoms with van der Waals surface area (Å²) in [6.45, 7) is 2.05. The molecule has 76 valence electrons. The van der Waals surface area contributed by atoms with Gasteiger partial charge in [-0.3, -0.25) is 0 Å². The molecule has 2 nitrogen and oxygen atoms in total. The molecule has 1 aliphatic carbocycles. The van der Waals surface area contributed by atoms with E-state index in [0.29, 0.717) is 5.92 Å². The minimum atomic E-state index is -0.0238. The van der Waals surface area contributed by atoms with Crippen LogP contribution in [-0.4, -0.2) is 24.3 Å². The van der Waals surface area contributed by atoms with Crippen molar-refractivity contribution in [2.45, 2.75) is 44.6 Å². The van der Waals surface area contributed by atoms with Crippen LogP contribution in [0.2, 0.25) is 0 Å². The van der Waals surface area contributed by atoms with Crippen molar-refractivity contribution in [1.82, 2.24) is 5.32 Å². The fraction of sp³-hybridized carbons (Fsp3) is 1.00. The monoisotopic (exact) mass is 183 g/mol. The second-order valence-corrected chi connectivity index (χ2v) is 4.62. The van der Waals surface area contributed by atoms with E-state index in [1.165, 1.54) is 32.1 Å². The molecule has 1 heterocycles. The smallest absolute Gasteiger partial charge is 0.0595 e. The Morgan fingerprint density at radius 1 is 1.00 bits per heavy atom. The summed E-state index contributed by atoms with van der Waals surface area (Å²) in [6, 6.07) is 0. The highest BCUT2D eigenvalue weighted by atomic mass is 16.3. The zero-order chi connectivity index (χ0) is 9.10. The molecule has 1 saturated carbocycles. The van der Waals surface area contributed by atoms with E-state index in [2.05, 4.69) is 5.32 Å². The van der Waals surface area contributed by atoms with Crippen molar-refractivity contribution < 1.29 is 5.11 Å². The molecule has 2 fully saturated rings. The molecule has 0 aromatic carbocycles. The van der Waals surface area contributed by atoms with Crippen LogP contribution in [0.1, 0.15) is 38.5 Å². The summed E-state index contributed by atoms with van der Waals surface area (Å²) in [5.41, 5.74) is 0. The lowest BCUT2D eigenvalue weighted by Gasteiger charge is -2.36. The Hall–Kier alpha value is -0.0800. The van der Waals surface area contributed by atoms with Gasteiger partial charge in [-0.15, -0.1) is 0 Å². The van der Waals surface area contributed by atoms with Gasteiger partial charge in [-0.2, -0.15) is 0 Å². The third kappa shape index (κ3) is 2.23. The summed E-state index contributed by atoms with van der Waals surface area (Å²) in [4.78, 5) is 0. The maximum absolute atomic E-state index is 9.88. The second-order valence-electron chi connectivity index (χ2n) is 4.62. The zero-order valence-electron chi connectivity index (χ0n) is 8.34. The van der Waals surface area contributed by atoms with Crippen LogP contribution in [-0.2, 0) is 0 Å². The average molecular weight is 183 g/mol. The van der Waals surface area contributed by atoms with Crippen LogP contribution < -0.4 is 5.32 Å². The standard InChI is InChI=1S/C11H21NO/c13-11-6-7-12-8-10(11)9-4-2-1-3-5-9/h9-13H,1-8H2. The molecule has 0 spiro atoms. The van der Waals surface area contributed by atoms with Crippen molar-refractivity contribution in [2.75, 3.05) is 13.1 Å². The topological polar surface area (TPSA) is 32.3 Å². The van der Waals surface area contributed by atoms with Crippen molar-refractivity contribution in [2.24, 2.45) is 11.8 Å². The molecule has 0 radical (unpaired) electrons. The largest absolute Gasteiger partial charge is 0.393 e.